The number of furan rings is 1. The quantitative estimate of drug-likeness (QED) is 0.773. The third-order valence-electron chi connectivity index (χ3n) is 2.52. The summed E-state index contributed by atoms with van der Waals surface area (Å²) in [6, 6.07) is 7.74. The molecule has 2 rings (SSSR count). The van der Waals surface area contributed by atoms with Gasteiger partial charge in [-0.3, -0.25) is 4.98 Å². The molecule has 17 heavy (non-hydrogen) atoms. The SMILES string of the molecule is NCc1ccoc1COCCc1ccccn1. The van der Waals surface area contributed by atoms with Gasteiger partial charge in [0.1, 0.15) is 12.4 Å². The number of hydrogen-bond acceptors (Lipinski definition) is 4. The van der Waals surface area contributed by atoms with Crippen LogP contribution in [0.5, 0.6) is 0 Å². The van der Waals surface area contributed by atoms with E-state index < -0.39 is 0 Å². The van der Waals surface area contributed by atoms with Crippen molar-refractivity contribution in [1.82, 2.24) is 4.98 Å². The Morgan fingerprint density at radius 1 is 1.29 bits per heavy atom. The second-order valence-electron chi connectivity index (χ2n) is 3.70. The zero-order chi connectivity index (χ0) is 11.9. The molecule has 2 aromatic heterocycles. The standard InChI is InChI=1S/C13H16N2O2/c14-9-11-4-8-17-13(11)10-16-7-5-12-3-1-2-6-15-12/h1-4,6,8H,5,7,9-10,14H2. The minimum atomic E-state index is 0.465. The van der Waals surface area contributed by atoms with Crippen molar-refractivity contribution in [3.05, 3.63) is 53.7 Å². The fourth-order valence-electron chi connectivity index (χ4n) is 1.56. The van der Waals surface area contributed by atoms with Gasteiger partial charge >= 0.3 is 0 Å². The summed E-state index contributed by atoms with van der Waals surface area (Å²) in [5.74, 6) is 0.813. The second-order valence-corrected chi connectivity index (χ2v) is 3.70. The Balaban J connectivity index is 1.73. The highest BCUT2D eigenvalue weighted by molar-refractivity contribution is 5.15. The molecule has 0 saturated heterocycles. The highest BCUT2D eigenvalue weighted by Crippen LogP contribution is 2.10. The van der Waals surface area contributed by atoms with Crippen molar-refractivity contribution in [2.45, 2.75) is 19.6 Å². The zero-order valence-electron chi connectivity index (χ0n) is 9.63. The maximum Gasteiger partial charge on any atom is 0.133 e. The number of aromatic nitrogens is 1. The largest absolute Gasteiger partial charge is 0.467 e. The molecule has 0 aliphatic rings. The lowest BCUT2D eigenvalue weighted by Gasteiger charge is -2.03. The van der Waals surface area contributed by atoms with Gasteiger partial charge in [-0.05, 0) is 18.2 Å². The minimum absolute atomic E-state index is 0.465. The summed E-state index contributed by atoms with van der Waals surface area (Å²) in [4.78, 5) is 4.22. The molecule has 0 bridgehead atoms. The molecule has 2 aromatic rings. The second kappa shape index (κ2) is 6.18. The van der Waals surface area contributed by atoms with Crippen LogP contribution in [-0.4, -0.2) is 11.6 Å². The first-order chi connectivity index (χ1) is 8.40. The molecule has 0 saturated carbocycles. The lowest BCUT2D eigenvalue weighted by molar-refractivity contribution is 0.107. The van der Waals surface area contributed by atoms with Crippen LogP contribution in [0.4, 0.5) is 0 Å². The molecule has 0 unspecified atom stereocenters. The number of nitrogens with two attached hydrogens (primary N) is 1. The Kier molecular flexibility index (Phi) is 4.30. The molecule has 0 atom stereocenters. The lowest BCUT2D eigenvalue weighted by Crippen LogP contribution is -2.03. The van der Waals surface area contributed by atoms with E-state index >= 15 is 0 Å². The third-order valence-corrected chi connectivity index (χ3v) is 2.52. The molecule has 0 spiro atoms. The van der Waals surface area contributed by atoms with E-state index in [9.17, 15) is 0 Å². The molecule has 0 radical (unpaired) electrons. The van der Waals surface area contributed by atoms with Gasteiger partial charge in [-0.2, -0.15) is 0 Å². The summed E-state index contributed by atoms with van der Waals surface area (Å²) >= 11 is 0. The maximum absolute atomic E-state index is 5.56. The molecule has 0 aromatic carbocycles. The Bertz CT molecular complexity index is 440. The summed E-state index contributed by atoms with van der Waals surface area (Å²) in [7, 11) is 0. The first-order valence-electron chi connectivity index (χ1n) is 5.63. The molecule has 0 fully saturated rings. The molecule has 2 N–H and O–H groups in total. The van der Waals surface area contributed by atoms with Crippen LogP contribution in [0.3, 0.4) is 0 Å². The van der Waals surface area contributed by atoms with Crippen LogP contribution in [0.15, 0.2) is 41.1 Å². The van der Waals surface area contributed by atoms with Gasteiger partial charge in [-0.1, -0.05) is 6.07 Å². The third kappa shape index (κ3) is 3.41. The molecular formula is C13H16N2O2. The fraction of sp³-hybridized carbons (Fsp3) is 0.308. The predicted octanol–water partition coefficient (Wildman–Crippen LogP) is 1.89. The highest BCUT2D eigenvalue weighted by Gasteiger charge is 2.04. The van der Waals surface area contributed by atoms with Crippen molar-refractivity contribution < 1.29 is 9.15 Å². The maximum atomic E-state index is 5.56. The highest BCUT2D eigenvalue weighted by atomic mass is 16.5. The Morgan fingerprint density at radius 3 is 3.00 bits per heavy atom. The van der Waals surface area contributed by atoms with Gasteiger partial charge in [-0.15, -0.1) is 0 Å². The number of ether oxygens (including phenoxy) is 1. The van der Waals surface area contributed by atoms with E-state index in [1.54, 1.807) is 12.5 Å². The Hall–Kier alpha value is -1.65. The topological polar surface area (TPSA) is 61.3 Å². The summed E-state index contributed by atoms with van der Waals surface area (Å²) < 4.78 is 10.8. The monoisotopic (exact) mass is 232 g/mol. The number of rotatable bonds is 6. The van der Waals surface area contributed by atoms with Crippen molar-refractivity contribution in [2.24, 2.45) is 5.73 Å². The van der Waals surface area contributed by atoms with Crippen LogP contribution in [0, 0.1) is 0 Å². The summed E-state index contributed by atoms with van der Waals surface area (Å²) in [5.41, 5.74) is 7.60. The Labute approximate surface area is 100 Å². The van der Waals surface area contributed by atoms with E-state index in [0.717, 1.165) is 23.4 Å². The summed E-state index contributed by atoms with van der Waals surface area (Å²) in [6.45, 7) is 1.57. The molecule has 4 nitrogen and oxygen atoms in total. The molecule has 90 valence electrons. The Morgan fingerprint density at radius 2 is 2.24 bits per heavy atom. The molecule has 0 aliphatic carbocycles. The molecular weight excluding hydrogens is 216 g/mol. The van der Waals surface area contributed by atoms with E-state index in [0.29, 0.717) is 19.8 Å². The molecule has 0 aliphatic heterocycles. The van der Waals surface area contributed by atoms with Gasteiger partial charge in [0.25, 0.3) is 0 Å². The van der Waals surface area contributed by atoms with Crippen LogP contribution in [0.2, 0.25) is 0 Å². The average molecular weight is 232 g/mol. The van der Waals surface area contributed by atoms with E-state index in [4.69, 9.17) is 14.9 Å². The van der Waals surface area contributed by atoms with E-state index in [1.807, 2.05) is 24.3 Å². The van der Waals surface area contributed by atoms with Gasteiger partial charge in [0.2, 0.25) is 0 Å². The normalized spacial score (nSPS) is 10.6. The van der Waals surface area contributed by atoms with Crippen LogP contribution >= 0.6 is 0 Å². The number of hydrogen-bond donors (Lipinski definition) is 1. The van der Waals surface area contributed by atoms with Gasteiger partial charge in [-0.25, -0.2) is 0 Å². The van der Waals surface area contributed by atoms with Crippen LogP contribution in [-0.2, 0) is 24.3 Å². The van der Waals surface area contributed by atoms with Gasteiger partial charge in [0.05, 0.1) is 12.9 Å². The first-order valence-corrected chi connectivity index (χ1v) is 5.63. The number of nitrogens with zero attached hydrogens (tertiary/aromatic N) is 1. The molecule has 4 heteroatoms. The van der Waals surface area contributed by atoms with Crippen LogP contribution < -0.4 is 5.73 Å². The van der Waals surface area contributed by atoms with Gasteiger partial charge in [0, 0.05) is 30.4 Å². The molecule has 0 amide bonds. The number of pyridine rings is 1. The van der Waals surface area contributed by atoms with Gasteiger partial charge in [0.15, 0.2) is 0 Å². The molecule has 2 heterocycles. The fourth-order valence-corrected chi connectivity index (χ4v) is 1.56. The first kappa shape index (κ1) is 11.8. The minimum Gasteiger partial charge on any atom is -0.467 e. The van der Waals surface area contributed by atoms with Crippen LogP contribution in [0.25, 0.3) is 0 Å². The zero-order valence-corrected chi connectivity index (χ0v) is 9.63. The van der Waals surface area contributed by atoms with Crippen molar-refractivity contribution in [2.75, 3.05) is 6.61 Å². The van der Waals surface area contributed by atoms with E-state index in [-0.39, 0.29) is 0 Å². The van der Waals surface area contributed by atoms with Gasteiger partial charge < -0.3 is 14.9 Å². The van der Waals surface area contributed by atoms with Crippen molar-refractivity contribution >= 4 is 0 Å². The van der Waals surface area contributed by atoms with E-state index in [1.165, 1.54) is 0 Å². The van der Waals surface area contributed by atoms with E-state index in [2.05, 4.69) is 4.98 Å². The summed E-state index contributed by atoms with van der Waals surface area (Å²) in [5, 5.41) is 0. The van der Waals surface area contributed by atoms with Crippen molar-refractivity contribution in [1.29, 1.82) is 0 Å². The van der Waals surface area contributed by atoms with Crippen LogP contribution in [0.1, 0.15) is 17.0 Å². The van der Waals surface area contributed by atoms with Crippen molar-refractivity contribution in [3.8, 4) is 0 Å². The summed E-state index contributed by atoms with van der Waals surface area (Å²) in [6.07, 6.45) is 4.23. The average Bonchev–Trinajstić information content (AvgIpc) is 2.83. The predicted molar refractivity (Wildman–Crippen MR) is 64.2 cm³/mol. The van der Waals surface area contributed by atoms with Crippen molar-refractivity contribution in [3.63, 3.8) is 0 Å². The smallest absolute Gasteiger partial charge is 0.133 e. The lowest BCUT2D eigenvalue weighted by atomic mass is 10.2.